The van der Waals surface area contributed by atoms with E-state index in [1.165, 1.54) is 4.88 Å². The SMILES string of the molecule is Cc1nc(C)c(C(C)Nc2cc(Cl)ccc2C#N)s1. The van der Waals surface area contributed by atoms with Crippen LogP contribution in [0, 0.1) is 25.2 Å². The van der Waals surface area contributed by atoms with E-state index in [-0.39, 0.29) is 6.04 Å². The predicted octanol–water partition coefficient (Wildman–Crippen LogP) is 4.46. The Balaban J connectivity index is 2.29. The lowest BCUT2D eigenvalue weighted by Gasteiger charge is -2.15. The van der Waals surface area contributed by atoms with E-state index >= 15 is 0 Å². The molecule has 0 bridgehead atoms. The largest absolute Gasteiger partial charge is 0.377 e. The van der Waals surface area contributed by atoms with Gasteiger partial charge < -0.3 is 5.32 Å². The Morgan fingerprint density at radius 3 is 2.74 bits per heavy atom. The lowest BCUT2D eigenvalue weighted by atomic mass is 10.1. The lowest BCUT2D eigenvalue weighted by molar-refractivity contribution is 0.889. The molecule has 19 heavy (non-hydrogen) atoms. The molecule has 0 spiro atoms. The van der Waals surface area contributed by atoms with Gasteiger partial charge in [-0.1, -0.05) is 11.6 Å². The zero-order valence-corrected chi connectivity index (χ0v) is 12.6. The highest BCUT2D eigenvalue weighted by atomic mass is 35.5. The number of hydrogen-bond acceptors (Lipinski definition) is 4. The Kier molecular flexibility index (Phi) is 4.08. The third-order valence-corrected chi connectivity index (χ3v) is 4.30. The summed E-state index contributed by atoms with van der Waals surface area (Å²) < 4.78 is 0. The number of nitrogens with one attached hydrogen (secondary N) is 1. The first kappa shape index (κ1) is 13.9. The molecule has 0 radical (unpaired) electrons. The van der Waals surface area contributed by atoms with Crippen LogP contribution in [-0.4, -0.2) is 4.98 Å². The molecule has 0 saturated heterocycles. The van der Waals surface area contributed by atoms with Gasteiger partial charge in [-0.25, -0.2) is 4.98 Å². The summed E-state index contributed by atoms with van der Waals surface area (Å²) in [6.45, 7) is 6.05. The summed E-state index contributed by atoms with van der Waals surface area (Å²) in [5, 5.41) is 14.1. The van der Waals surface area contributed by atoms with Crippen molar-refractivity contribution >= 4 is 28.6 Å². The summed E-state index contributed by atoms with van der Waals surface area (Å²) >= 11 is 7.65. The Morgan fingerprint density at radius 1 is 1.42 bits per heavy atom. The predicted molar refractivity (Wildman–Crippen MR) is 79.8 cm³/mol. The van der Waals surface area contributed by atoms with E-state index in [2.05, 4.69) is 23.3 Å². The highest BCUT2D eigenvalue weighted by molar-refractivity contribution is 7.11. The first-order valence-corrected chi connectivity index (χ1v) is 7.11. The molecule has 0 amide bonds. The summed E-state index contributed by atoms with van der Waals surface area (Å²) in [7, 11) is 0. The number of aromatic nitrogens is 1. The van der Waals surface area contributed by atoms with Crippen molar-refractivity contribution in [3.05, 3.63) is 44.4 Å². The molecule has 1 aromatic carbocycles. The van der Waals surface area contributed by atoms with Gasteiger partial charge in [0.25, 0.3) is 0 Å². The van der Waals surface area contributed by atoms with Crippen LogP contribution >= 0.6 is 22.9 Å². The maximum atomic E-state index is 9.11. The van der Waals surface area contributed by atoms with Crippen molar-refractivity contribution in [1.82, 2.24) is 4.98 Å². The van der Waals surface area contributed by atoms with Crippen molar-refractivity contribution in [2.45, 2.75) is 26.8 Å². The first-order valence-electron chi connectivity index (χ1n) is 5.91. The van der Waals surface area contributed by atoms with Gasteiger partial charge in [-0.3, -0.25) is 0 Å². The van der Waals surface area contributed by atoms with Crippen LogP contribution in [-0.2, 0) is 0 Å². The van der Waals surface area contributed by atoms with Crippen LogP contribution in [0.1, 0.15) is 34.1 Å². The van der Waals surface area contributed by atoms with Crippen LogP contribution < -0.4 is 5.32 Å². The Hall–Kier alpha value is -1.57. The molecule has 1 aromatic heterocycles. The number of hydrogen-bond donors (Lipinski definition) is 1. The van der Waals surface area contributed by atoms with Gasteiger partial charge in [0.2, 0.25) is 0 Å². The van der Waals surface area contributed by atoms with Gasteiger partial charge in [-0.2, -0.15) is 5.26 Å². The van der Waals surface area contributed by atoms with E-state index in [4.69, 9.17) is 16.9 Å². The molecular weight excluding hydrogens is 278 g/mol. The van der Waals surface area contributed by atoms with Crippen LogP contribution in [0.4, 0.5) is 5.69 Å². The molecule has 0 aliphatic heterocycles. The molecule has 1 heterocycles. The fraction of sp³-hybridized carbons (Fsp3) is 0.286. The molecular formula is C14H14ClN3S. The van der Waals surface area contributed by atoms with E-state index in [1.807, 2.05) is 13.8 Å². The summed E-state index contributed by atoms with van der Waals surface area (Å²) in [6.07, 6.45) is 0. The minimum absolute atomic E-state index is 0.0942. The summed E-state index contributed by atoms with van der Waals surface area (Å²) in [6, 6.07) is 7.48. The zero-order valence-electron chi connectivity index (χ0n) is 11.0. The topological polar surface area (TPSA) is 48.7 Å². The average Bonchev–Trinajstić information content (AvgIpc) is 2.69. The second kappa shape index (κ2) is 5.60. The van der Waals surface area contributed by atoms with Gasteiger partial charge >= 0.3 is 0 Å². The van der Waals surface area contributed by atoms with Gasteiger partial charge in [-0.05, 0) is 39.0 Å². The van der Waals surface area contributed by atoms with E-state index in [0.717, 1.165) is 16.4 Å². The van der Waals surface area contributed by atoms with Crippen molar-refractivity contribution in [2.75, 3.05) is 5.32 Å². The van der Waals surface area contributed by atoms with Crippen molar-refractivity contribution < 1.29 is 0 Å². The summed E-state index contributed by atoms with van der Waals surface area (Å²) in [4.78, 5) is 5.60. The quantitative estimate of drug-likeness (QED) is 0.908. The van der Waals surface area contributed by atoms with Crippen molar-refractivity contribution in [1.29, 1.82) is 5.26 Å². The molecule has 1 atom stereocenters. The normalized spacial score (nSPS) is 11.9. The molecule has 2 aromatic rings. The van der Waals surface area contributed by atoms with Gasteiger partial charge in [-0.15, -0.1) is 11.3 Å². The van der Waals surface area contributed by atoms with Crippen LogP contribution in [0.15, 0.2) is 18.2 Å². The number of benzene rings is 1. The molecule has 0 aliphatic carbocycles. The third-order valence-electron chi connectivity index (χ3n) is 2.81. The number of halogens is 1. The lowest BCUT2D eigenvalue weighted by Crippen LogP contribution is -2.07. The number of rotatable bonds is 3. The number of thiazole rings is 1. The van der Waals surface area contributed by atoms with Gasteiger partial charge in [0.1, 0.15) is 6.07 Å². The molecule has 0 fully saturated rings. The fourth-order valence-corrected chi connectivity index (χ4v) is 3.08. The van der Waals surface area contributed by atoms with Crippen LogP contribution in [0.25, 0.3) is 0 Å². The Bertz CT molecular complexity index is 643. The van der Waals surface area contributed by atoms with E-state index in [1.54, 1.807) is 29.5 Å². The minimum Gasteiger partial charge on any atom is -0.377 e. The molecule has 98 valence electrons. The molecule has 1 unspecified atom stereocenters. The zero-order chi connectivity index (χ0) is 14.0. The summed E-state index contributed by atoms with van der Waals surface area (Å²) in [5.74, 6) is 0. The second-order valence-electron chi connectivity index (χ2n) is 4.35. The van der Waals surface area contributed by atoms with Gasteiger partial charge in [0.05, 0.1) is 28.0 Å². The Morgan fingerprint density at radius 2 is 2.16 bits per heavy atom. The molecule has 0 aliphatic rings. The van der Waals surface area contributed by atoms with Gasteiger partial charge in [0.15, 0.2) is 0 Å². The first-order chi connectivity index (χ1) is 9.01. The van der Waals surface area contributed by atoms with E-state index < -0.39 is 0 Å². The Labute approximate surface area is 121 Å². The highest BCUT2D eigenvalue weighted by Crippen LogP contribution is 2.29. The number of nitrogens with zero attached hydrogens (tertiary/aromatic N) is 2. The molecule has 3 nitrogen and oxygen atoms in total. The van der Waals surface area contributed by atoms with Crippen LogP contribution in [0.5, 0.6) is 0 Å². The number of nitriles is 1. The number of aryl methyl sites for hydroxylation is 2. The standard InChI is InChI=1S/C14H14ClN3S/c1-8-14(19-10(3)17-8)9(2)18-13-6-12(15)5-4-11(13)7-16/h4-6,9,18H,1-3H3. The second-order valence-corrected chi connectivity index (χ2v) is 6.02. The van der Waals surface area contributed by atoms with Crippen LogP contribution in [0.3, 0.4) is 0 Å². The maximum Gasteiger partial charge on any atom is 0.101 e. The molecule has 0 saturated carbocycles. The number of anilines is 1. The minimum atomic E-state index is 0.0942. The fourth-order valence-electron chi connectivity index (χ4n) is 1.98. The van der Waals surface area contributed by atoms with Crippen molar-refractivity contribution in [2.24, 2.45) is 0 Å². The van der Waals surface area contributed by atoms with Crippen molar-refractivity contribution in [3.63, 3.8) is 0 Å². The maximum absolute atomic E-state index is 9.11. The molecule has 1 N–H and O–H groups in total. The smallest absolute Gasteiger partial charge is 0.101 e. The van der Waals surface area contributed by atoms with E-state index in [9.17, 15) is 0 Å². The van der Waals surface area contributed by atoms with Crippen LogP contribution in [0.2, 0.25) is 5.02 Å². The summed E-state index contributed by atoms with van der Waals surface area (Å²) in [5.41, 5.74) is 2.38. The van der Waals surface area contributed by atoms with Crippen molar-refractivity contribution in [3.8, 4) is 6.07 Å². The van der Waals surface area contributed by atoms with Gasteiger partial charge in [0, 0.05) is 9.90 Å². The highest BCUT2D eigenvalue weighted by Gasteiger charge is 2.14. The molecule has 5 heteroatoms. The monoisotopic (exact) mass is 291 g/mol. The molecule has 2 rings (SSSR count). The van der Waals surface area contributed by atoms with E-state index in [0.29, 0.717) is 10.6 Å². The third kappa shape index (κ3) is 3.06. The average molecular weight is 292 g/mol.